The lowest BCUT2D eigenvalue weighted by Crippen LogP contribution is -2.60. The monoisotopic (exact) mass is 508 g/mol. The van der Waals surface area contributed by atoms with Crippen LogP contribution >= 0.6 is 0 Å². The van der Waals surface area contributed by atoms with Crippen LogP contribution in [0.2, 0.25) is 0 Å². The van der Waals surface area contributed by atoms with Crippen molar-refractivity contribution in [3.05, 3.63) is 35.9 Å². The number of likely N-dealkylation sites (tertiary alicyclic amines) is 2. The van der Waals surface area contributed by atoms with Gasteiger partial charge in [-0.15, -0.1) is 0 Å². The minimum absolute atomic E-state index is 0.115. The first kappa shape index (κ1) is 26.9. The number of guanidine groups is 1. The molecule has 2 aliphatic heterocycles. The molecule has 2 amide bonds. The molecule has 11 nitrogen and oxygen atoms in total. The fourth-order valence-electron chi connectivity index (χ4n) is 4.60. The van der Waals surface area contributed by atoms with Gasteiger partial charge in [-0.3, -0.25) is 15.0 Å². The van der Waals surface area contributed by atoms with Crippen molar-refractivity contribution in [2.24, 2.45) is 5.73 Å². The highest BCUT2D eigenvalue weighted by Crippen LogP contribution is 2.19. The molecule has 1 aromatic carbocycles. The van der Waals surface area contributed by atoms with E-state index in [4.69, 9.17) is 15.9 Å². The van der Waals surface area contributed by atoms with Crippen molar-refractivity contribution < 1.29 is 22.7 Å². The number of amides is 2. The Morgan fingerprint density at radius 2 is 1.91 bits per heavy atom. The molecule has 2 fully saturated rings. The van der Waals surface area contributed by atoms with Crippen molar-refractivity contribution in [3.8, 4) is 0 Å². The Bertz CT molecular complexity index is 989. The number of nitrogens with two attached hydrogens (primary N) is 1. The van der Waals surface area contributed by atoms with Crippen molar-refractivity contribution in [2.75, 3.05) is 26.2 Å². The number of nitrogens with one attached hydrogen (secondary N) is 3. The van der Waals surface area contributed by atoms with Gasteiger partial charge in [0.25, 0.3) is 0 Å². The van der Waals surface area contributed by atoms with Gasteiger partial charge >= 0.3 is 0 Å². The molecule has 0 aromatic heterocycles. The number of nitrogens with zero attached hydrogens (tertiary/aromatic N) is 2. The van der Waals surface area contributed by atoms with Gasteiger partial charge in [-0.1, -0.05) is 30.3 Å². The van der Waals surface area contributed by atoms with Gasteiger partial charge in [0.05, 0.1) is 18.3 Å². The van der Waals surface area contributed by atoms with Crippen molar-refractivity contribution in [1.29, 1.82) is 5.41 Å². The van der Waals surface area contributed by atoms with E-state index in [2.05, 4.69) is 10.0 Å². The molecule has 3 atom stereocenters. The predicted octanol–water partition coefficient (Wildman–Crippen LogP) is 0.324. The molecule has 2 saturated heterocycles. The summed E-state index contributed by atoms with van der Waals surface area (Å²) in [4.78, 5) is 29.1. The Morgan fingerprint density at radius 3 is 2.60 bits per heavy atom. The number of carbonyl (C=O) groups is 2. The van der Waals surface area contributed by atoms with Gasteiger partial charge < -0.3 is 25.6 Å². The number of hydrogen-bond donors (Lipinski definition) is 4. The number of hydrogen-bond acceptors (Lipinski definition) is 6. The summed E-state index contributed by atoms with van der Waals surface area (Å²) in [5.41, 5.74) is 6.32. The smallest absolute Gasteiger partial charge is 0.241 e. The second-order valence-corrected chi connectivity index (χ2v) is 10.7. The normalized spacial score (nSPS) is 23.6. The van der Waals surface area contributed by atoms with E-state index in [1.807, 2.05) is 13.0 Å². The van der Waals surface area contributed by atoms with E-state index < -0.39 is 28.2 Å². The van der Waals surface area contributed by atoms with Crippen molar-refractivity contribution >= 4 is 27.8 Å². The minimum atomic E-state index is -3.74. The van der Waals surface area contributed by atoms with E-state index in [0.717, 1.165) is 6.42 Å². The lowest BCUT2D eigenvalue weighted by atomic mass is 10.0. The van der Waals surface area contributed by atoms with Crippen LogP contribution in [-0.4, -0.2) is 80.5 Å². The maximum Gasteiger partial charge on any atom is 0.241 e. The largest absolute Gasteiger partial charge is 0.370 e. The van der Waals surface area contributed by atoms with Crippen LogP contribution in [0.4, 0.5) is 0 Å². The Kier molecular flexibility index (Phi) is 9.47. The summed E-state index contributed by atoms with van der Waals surface area (Å²) >= 11 is 0. The molecule has 0 bridgehead atoms. The zero-order chi connectivity index (χ0) is 25.4. The zero-order valence-corrected chi connectivity index (χ0v) is 20.9. The number of carbonyl (C=O) groups excluding carboxylic acids is 2. The van der Waals surface area contributed by atoms with Crippen LogP contribution in [0.1, 0.15) is 44.6 Å². The van der Waals surface area contributed by atoms with Gasteiger partial charge in [-0.25, -0.2) is 13.1 Å². The molecular formula is C23H36N6O5S. The standard InChI is InChI=1S/C23H36N6O5S/c1-2-34-22-19(12-8-14-29(22)23(24)25)26-20(30)15-28-13-7-6-11-18(21(28)31)27-35(32,33)16-17-9-4-3-5-10-17/h3-5,9-10,18-19,22,27H,2,6-8,11-16H2,1H3,(H3,24,25)(H,26,30). The van der Waals surface area contributed by atoms with Crippen LogP contribution in [-0.2, 0) is 30.1 Å². The Morgan fingerprint density at radius 1 is 1.17 bits per heavy atom. The van der Waals surface area contributed by atoms with Gasteiger partial charge in [0.2, 0.25) is 21.8 Å². The van der Waals surface area contributed by atoms with Gasteiger partial charge in [-0.2, -0.15) is 0 Å². The van der Waals surface area contributed by atoms with E-state index >= 15 is 0 Å². The number of ether oxygens (including phenoxy) is 1. The summed E-state index contributed by atoms with van der Waals surface area (Å²) in [6.45, 7) is 3.01. The second kappa shape index (κ2) is 12.3. The van der Waals surface area contributed by atoms with E-state index in [1.165, 1.54) is 4.90 Å². The average Bonchev–Trinajstić information content (AvgIpc) is 2.96. The second-order valence-electron chi connectivity index (χ2n) is 8.91. The highest BCUT2D eigenvalue weighted by molar-refractivity contribution is 7.88. The Hall–Kier alpha value is -2.70. The summed E-state index contributed by atoms with van der Waals surface area (Å²) in [6, 6.07) is 7.50. The molecule has 0 aliphatic carbocycles. The molecule has 2 aliphatic rings. The summed E-state index contributed by atoms with van der Waals surface area (Å²) in [6.07, 6.45) is 2.59. The van der Waals surface area contributed by atoms with Crippen LogP contribution in [0, 0.1) is 5.41 Å². The SMILES string of the molecule is CCOC1C(NC(=O)CN2CCCCC(NS(=O)(=O)Cc3ccccc3)C2=O)CCCN1C(=N)N. The topological polar surface area (TPSA) is 158 Å². The first-order chi connectivity index (χ1) is 16.7. The van der Waals surface area contributed by atoms with Crippen LogP contribution < -0.4 is 15.8 Å². The van der Waals surface area contributed by atoms with E-state index in [0.29, 0.717) is 50.9 Å². The molecule has 1 aromatic rings. The molecule has 3 rings (SSSR count). The lowest BCUT2D eigenvalue weighted by molar-refractivity contribution is -0.138. The van der Waals surface area contributed by atoms with E-state index in [-0.39, 0.29) is 30.2 Å². The highest BCUT2D eigenvalue weighted by Gasteiger charge is 2.35. The Labute approximate surface area is 206 Å². The maximum atomic E-state index is 13.2. The summed E-state index contributed by atoms with van der Waals surface area (Å²) in [5.74, 6) is -1.09. The maximum absolute atomic E-state index is 13.2. The third-order valence-corrected chi connectivity index (χ3v) is 7.55. The number of sulfonamides is 1. The molecule has 0 spiro atoms. The fraction of sp³-hybridized carbons (Fsp3) is 0.609. The molecule has 2 heterocycles. The van der Waals surface area contributed by atoms with Gasteiger partial charge in [0.1, 0.15) is 6.04 Å². The fourth-order valence-corrected chi connectivity index (χ4v) is 5.96. The van der Waals surface area contributed by atoms with Crippen LogP contribution in [0.15, 0.2) is 30.3 Å². The molecule has 194 valence electrons. The molecule has 35 heavy (non-hydrogen) atoms. The van der Waals surface area contributed by atoms with Crippen molar-refractivity contribution in [3.63, 3.8) is 0 Å². The molecule has 0 saturated carbocycles. The van der Waals surface area contributed by atoms with Gasteiger partial charge in [0.15, 0.2) is 12.2 Å². The quantitative estimate of drug-likeness (QED) is 0.276. The third kappa shape index (κ3) is 7.64. The van der Waals surface area contributed by atoms with Gasteiger partial charge in [0, 0.05) is 19.7 Å². The summed E-state index contributed by atoms with van der Waals surface area (Å²) < 4.78 is 33.7. The lowest BCUT2D eigenvalue weighted by Gasteiger charge is -2.41. The first-order valence-corrected chi connectivity index (χ1v) is 13.7. The van der Waals surface area contributed by atoms with E-state index in [1.54, 1.807) is 29.2 Å². The van der Waals surface area contributed by atoms with Crippen molar-refractivity contribution in [1.82, 2.24) is 19.8 Å². The first-order valence-electron chi connectivity index (χ1n) is 12.0. The summed E-state index contributed by atoms with van der Waals surface area (Å²) in [5, 5.41) is 10.7. The Balaban J connectivity index is 1.62. The predicted molar refractivity (Wildman–Crippen MR) is 132 cm³/mol. The molecular weight excluding hydrogens is 472 g/mol. The minimum Gasteiger partial charge on any atom is -0.370 e. The average molecular weight is 509 g/mol. The van der Waals surface area contributed by atoms with Crippen LogP contribution in [0.3, 0.4) is 0 Å². The number of piperidine rings is 1. The zero-order valence-electron chi connectivity index (χ0n) is 20.1. The number of rotatable bonds is 9. The number of benzene rings is 1. The van der Waals surface area contributed by atoms with Gasteiger partial charge in [-0.05, 0) is 44.6 Å². The summed E-state index contributed by atoms with van der Waals surface area (Å²) in [7, 11) is -3.74. The molecule has 3 unspecified atom stereocenters. The molecule has 0 radical (unpaired) electrons. The molecule has 12 heteroatoms. The molecule has 5 N–H and O–H groups in total. The van der Waals surface area contributed by atoms with Crippen LogP contribution in [0.25, 0.3) is 0 Å². The van der Waals surface area contributed by atoms with Crippen molar-refractivity contribution in [2.45, 2.75) is 63.1 Å². The highest BCUT2D eigenvalue weighted by atomic mass is 32.2. The van der Waals surface area contributed by atoms with E-state index in [9.17, 15) is 18.0 Å². The van der Waals surface area contributed by atoms with Crippen LogP contribution in [0.5, 0.6) is 0 Å². The third-order valence-electron chi connectivity index (χ3n) is 6.20.